The molecule has 16 aromatic rings. The highest BCUT2D eigenvalue weighted by molar-refractivity contribution is 6.13. The quantitative estimate of drug-likeness (QED) is 0.0281. The molecule has 520 valence electrons. The molecular weight excluding hydrogens is 1300 g/mol. The molecule has 0 heterocycles. The van der Waals surface area contributed by atoms with Crippen molar-refractivity contribution in [2.45, 2.75) is 6.92 Å². The molecule has 0 bridgehead atoms. The number of fused-ring (bicyclic) bond motifs is 8. The van der Waals surface area contributed by atoms with E-state index in [9.17, 15) is 25.5 Å². The number of aryl methyl sites for hydroxylation is 1. The minimum absolute atomic E-state index is 0.0111. The van der Waals surface area contributed by atoms with Gasteiger partial charge in [0.15, 0.2) is 13.6 Å². The molecule has 16 rings (SSSR count). The number of aromatic hydroxyl groups is 2. The van der Waals surface area contributed by atoms with Gasteiger partial charge in [0.1, 0.15) is 60.1 Å². The molecule has 0 amide bonds. The lowest BCUT2D eigenvalue weighted by Crippen LogP contribution is -2.10. The van der Waals surface area contributed by atoms with Crippen molar-refractivity contribution in [2.75, 3.05) is 66.4 Å². The van der Waals surface area contributed by atoms with Crippen molar-refractivity contribution in [1.29, 1.82) is 0 Å². The van der Waals surface area contributed by atoms with Crippen LogP contribution in [0.1, 0.15) is 5.56 Å². The molecule has 13 nitrogen and oxygen atoms in total. The van der Waals surface area contributed by atoms with Gasteiger partial charge >= 0.3 is 0 Å². The monoisotopic (exact) mass is 1380 g/mol. The Morgan fingerprint density at radius 1 is 0.212 bits per heavy atom. The number of ether oxygens (including phenoxy) is 6. The zero-order chi connectivity index (χ0) is 71.7. The van der Waals surface area contributed by atoms with E-state index in [1.54, 1.807) is 12.1 Å². The van der Waals surface area contributed by atoms with Gasteiger partial charge in [0, 0.05) is 38.9 Å². The third kappa shape index (κ3) is 15.1. The first-order chi connectivity index (χ1) is 51.2. The van der Waals surface area contributed by atoms with E-state index in [1.807, 2.05) is 218 Å². The number of phenols is 2. The van der Waals surface area contributed by atoms with Crippen molar-refractivity contribution in [2.24, 2.45) is 0 Å². The maximum absolute atomic E-state index is 10.7. The number of phenolic OH excluding ortho intramolecular Hbond substituents is 2. The van der Waals surface area contributed by atoms with E-state index in [0.29, 0.717) is 42.0 Å². The summed E-state index contributed by atoms with van der Waals surface area (Å²) in [5, 5.41) is 84.4. The first-order valence-electron chi connectivity index (χ1n) is 34.5. The van der Waals surface area contributed by atoms with Crippen LogP contribution in [0, 0.1) is 6.92 Å². The molecule has 0 aromatic heterocycles. The second-order valence-electron chi connectivity index (χ2n) is 24.5. The van der Waals surface area contributed by atoms with Crippen LogP contribution in [0.5, 0.6) is 40.2 Å². The SMILES string of the molecule is Cc1ccc2ccccc2c1-c1c(O)ccc2ccccc12.OCCOCCOc1ccc2ccccc2c1-c1c(OCCO)ccc2ccccc12.OCCOc1ccc2ccccc2c1-c1c(O)ccc2ccccc12.OCOc1ccc2ccccc2c1-c1c(OCO)ccc2ccccc12. The molecule has 0 fully saturated rings. The van der Waals surface area contributed by atoms with Gasteiger partial charge in [-0.05, 0) is 147 Å². The van der Waals surface area contributed by atoms with Crippen LogP contribution in [0.25, 0.3) is 131 Å². The van der Waals surface area contributed by atoms with E-state index >= 15 is 0 Å². The standard InChI is InChI=1S/C26H26O5.C22H18O4.C22H18O3.C21H16O/c27-13-15-29-17-18-31-24-12-10-20-6-2-4-8-22(20)26(24)25-21-7-3-1-5-19(21)9-11-23(25)30-16-14-28;23-13-25-19-11-9-15-5-1-3-7-17(15)21(19)22-18-8-4-2-6-16(18)10-12-20(22)26-14-24;23-13-14-25-20-12-10-16-6-2-4-8-18(16)22(20)21-17-7-3-1-5-15(17)9-11-19(21)24;1-14-10-11-15-6-2-4-8-17(15)20(14)21-18-9-5-3-7-16(18)12-13-19(21)22/h1-12,27-28H,13-18H2;1-12,23-24H,13-14H2;1-12,23-24H,13-14H2;2-13,22H,1H3. The van der Waals surface area contributed by atoms with Crippen molar-refractivity contribution < 1.29 is 64.2 Å². The Labute approximate surface area is 602 Å². The summed E-state index contributed by atoms with van der Waals surface area (Å²) in [6, 6.07) is 96.0. The lowest BCUT2D eigenvalue weighted by molar-refractivity contribution is 0.0706. The normalized spacial score (nSPS) is 11.1. The fraction of sp³-hybridized carbons (Fsp3) is 0.121. The topological polar surface area (TPSA) is 197 Å². The van der Waals surface area contributed by atoms with Gasteiger partial charge < -0.3 is 64.2 Å². The van der Waals surface area contributed by atoms with Crippen LogP contribution in [-0.4, -0.2) is 102 Å². The number of benzene rings is 16. The highest BCUT2D eigenvalue weighted by Gasteiger charge is 2.23. The van der Waals surface area contributed by atoms with E-state index in [1.165, 1.54) is 16.3 Å². The Hall–Kier alpha value is -12.0. The highest BCUT2D eigenvalue weighted by atomic mass is 16.6. The Morgan fingerprint density at radius 3 is 0.740 bits per heavy atom. The minimum Gasteiger partial charge on any atom is -0.507 e. The third-order valence-electron chi connectivity index (χ3n) is 18.3. The lowest BCUT2D eigenvalue weighted by Gasteiger charge is -2.19. The van der Waals surface area contributed by atoms with Gasteiger partial charge in [-0.15, -0.1) is 0 Å². The van der Waals surface area contributed by atoms with E-state index in [-0.39, 0.29) is 45.4 Å². The summed E-state index contributed by atoms with van der Waals surface area (Å²) in [7, 11) is 0. The predicted molar refractivity (Wildman–Crippen MR) is 420 cm³/mol. The Kier molecular flexibility index (Phi) is 22.8. The number of hydrogen-bond acceptors (Lipinski definition) is 13. The van der Waals surface area contributed by atoms with Crippen molar-refractivity contribution >= 4 is 86.2 Å². The molecule has 0 atom stereocenters. The van der Waals surface area contributed by atoms with Gasteiger partial charge in [0.05, 0.1) is 33.0 Å². The molecule has 13 heteroatoms. The van der Waals surface area contributed by atoms with E-state index in [2.05, 4.69) is 67.6 Å². The van der Waals surface area contributed by atoms with Gasteiger partial charge in [-0.1, -0.05) is 249 Å². The fourth-order valence-corrected chi connectivity index (χ4v) is 13.7. The average Bonchev–Trinajstić information content (AvgIpc) is 0.776. The summed E-state index contributed by atoms with van der Waals surface area (Å²) in [6.45, 7) is 2.57. The molecule has 0 aliphatic rings. The Bertz CT molecular complexity index is 5510. The first-order valence-corrected chi connectivity index (χ1v) is 34.5. The van der Waals surface area contributed by atoms with Crippen molar-refractivity contribution in [3.8, 4) is 84.8 Å². The van der Waals surface area contributed by atoms with Gasteiger partial charge in [0.2, 0.25) is 0 Å². The van der Waals surface area contributed by atoms with Gasteiger partial charge in [0.25, 0.3) is 0 Å². The second-order valence-corrected chi connectivity index (χ2v) is 24.5. The summed E-state index contributed by atoms with van der Waals surface area (Å²) < 4.78 is 34.3. The van der Waals surface area contributed by atoms with Crippen LogP contribution in [0.4, 0.5) is 0 Å². The minimum atomic E-state index is -0.424. The third-order valence-corrected chi connectivity index (χ3v) is 18.3. The fourth-order valence-electron chi connectivity index (χ4n) is 13.7. The molecule has 0 spiro atoms. The van der Waals surface area contributed by atoms with Crippen LogP contribution in [0.3, 0.4) is 0 Å². The zero-order valence-corrected chi connectivity index (χ0v) is 57.4. The molecule has 0 saturated heterocycles. The molecule has 7 N–H and O–H groups in total. The Morgan fingerprint density at radius 2 is 0.442 bits per heavy atom. The molecule has 0 radical (unpaired) electrons. The molecule has 104 heavy (non-hydrogen) atoms. The lowest BCUT2D eigenvalue weighted by atomic mass is 9.90. The summed E-state index contributed by atoms with van der Waals surface area (Å²) in [5.41, 5.74) is 8.36. The van der Waals surface area contributed by atoms with Crippen LogP contribution in [-0.2, 0) is 4.74 Å². The first kappa shape index (κ1) is 70.4. The second kappa shape index (κ2) is 33.6. The van der Waals surface area contributed by atoms with Crippen LogP contribution in [0.15, 0.2) is 291 Å². The summed E-state index contributed by atoms with van der Waals surface area (Å²) in [5.74, 6) is 3.75. The Balaban J connectivity index is 0.000000124. The largest absolute Gasteiger partial charge is 0.507 e. The summed E-state index contributed by atoms with van der Waals surface area (Å²) in [4.78, 5) is 0. The summed E-state index contributed by atoms with van der Waals surface area (Å²) >= 11 is 0. The van der Waals surface area contributed by atoms with Crippen LogP contribution >= 0.6 is 0 Å². The van der Waals surface area contributed by atoms with Gasteiger partial charge in [-0.2, -0.15) is 0 Å². The maximum Gasteiger partial charge on any atom is 0.186 e. The number of aliphatic hydroxyl groups excluding tert-OH is 5. The predicted octanol–water partition coefficient (Wildman–Crippen LogP) is 19.1. The smallest absolute Gasteiger partial charge is 0.186 e. The molecule has 16 aromatic carbocycles. The van der Waals surface area contributed by atoms with Crippen molar-refractivity contribution in [3.63, 3.8) is 0 Å². The molecule has 0 aliphatic carbocycles. The van der Waals surface area contributed by atoms with E-state index < -0.39 is 13.6 Å². The van der Waals surface area contributed by atoms with Crippen LogP contribution in [0.2, 0.25) is 0 Å². The van der Waals surface area contributed by atoms with Crippen molar-refractivity contribution in [1.82, 2.24) is 0 Å². The number of hydrogen-bond donors (Lipinski definition) is 7. The molecular formula is C91H78O13. The molecule has 0 saturated carbocycles. The molecule has 0 aliphatic heterocycles. The highest BCUT2D eigenvalue weighted by Crippen LogP contribution is 2.49. The summed E-state index contributed by atoms with van der Waals surface area (Å²) in [6.07, 6.45) is 0. The van der Waals surface area contributed by atoms with E-state index in [4.69, 9.17) is 38.6 Å². The maximum atomic E-state index is 10.7. The molecule has 0 unspecified atom stereocenters. The van der Waals surface area contributed by atoms with Gasteiger partial charge in [-0.25, -0.2) is 0 Å². The zero-order valence-electron chi connectivity index (χ0n) is 57.4. The van der Waals surface area contributed by atoms with Crippen molar-refractivity contribution in [3.05, 3.63) is 297 Å². The number of rotatable bonds is 20. The van der Waals surface area contributed by atoms with Gasteiger partial charge in [-0.3, -0.25) is 0 Å². The number of aliphatic hydroxyl groups is 5. The van der Waals surface area contributed by atoms with E-state index in [0.717, 1.165) is 126 Å². The average molecular weight is 1380 g/mol. The van der Waals surface area contributed by atoms with Crippen LogP contribution < -0.4 is 23.7 Å².